The summed E-state index contributed by atoms with van der Waals surface area (Å²) in [4.78, 5) is 19.1. The van der Waals surface area contributed by atoms with Gasteiger partial charge in [-0.05, 0) is 59.5 Å². The zero-order valence-electron chi connectivity index (χ0n) is 16.9. The highest BCUT2D eigenvalue weighted by Gasteiger charge is 2.12. The zero-order chi connectivity index (χ0) is 22.5. The van der Waals surface area contributed by atoms with Crippen molar-refractivity contribution in [2.75, 3.05) is 6.54 Å². The Balaban J connectivity index is 1.39. The van der Waals surface area contributed by atoms with Gasteiger partial charge in [-0.2, -0.15) is 0 Å². The normalized spacial score (nSPS) is 10.7. The number of hydrogen-bond acceptors (Lipinski definition) is 2. The molecule has 8 heteroatoms. The van der Waals surface area contributed by atoms with Crippen LogP contribution in [0.15, 0.2) is 77.1 Å². The molecule has 0 fully saturated rings. The first-order chi connectivity index (χ1) is 15.5. The first kappa shape index (κ1) is 21.9. The fourth-order valence-corrected chi connectivity index (χ4v) is 4.01. The molecule has 1 heterocycles. The minimum Gasteiger partial charge on any atom is -0.360 e. The van der Waals surface area contributed by atoms with Gasteiger partial charge in [-0.3, -0.25) is 4.79 Å². The molecule has 4 rings (SSSR count). The largest absolute Gasteiger partial charge is 0.360 e. The van der Waals surface area contributed by atoms with Crippen molar-refractivity contribution in [3.8, 4) is 0 Å². The van der Waals surface area contributed by atoms with Crippen molar-refractivity contribution in [2.45, 2.75) is 12.8 Å². The first-order valence-corrected chi connectivity index (χ1v) is 10.7. The van der Waals surface area contributed by atoms with Gasteiger partial charge in [0, 0.05) is 28.6 Å². The number of nitrogens with one attached hydrogen (secondary N) is 1. The summed E-state index contributed by atoms with van der Waals surface area (Å²) in [6.07, 6.45) is 2.96. The Morgan fingerprint density at radius 1 is 1.03 bits per heavy atom. The van der Waals surface area contributed by atoms with Gasteiger partial charge in [0.25, 0.3) is 0 Å². The summed E-state index contributed by atoms with van der Waals surface area (Å²) < 4.78 is 13.4. The van der Waals surface area contributed by atoms with Crippen molar-refractivity contribution in [3.63, 3.8) is 0 Å². The van der Waals surface area contributed by atoms with Crippen molar-refractivity contribution in [2.24, 2.45) is 10.2 Å². The molecule has 3 aromatic carbocycles. The molecule has 0 saturated heterocycles. The smallest absolute Gasteiger partial charge is 0.360 e. The minimum atomic E-state index is -0.486. The number of halogens is 3. The lowest BCUT2D eigenvalue weighted by Crippen LogP contribution is -1.98. The Labute approximate surface area is 193 Å². The molecule has 32 heavy (non-hydrogen) atoms. The second-order valence-corrected chi connectivity index (χ2v) is 8.08. The molecular formula is C24H18Cl2FN4O+. The van der Waals surface area contributed by atoms with E-state index in [1.807, 2.05) is 24.4 Å². The summed E-state index contributed by atoms with van der Waals surface area (Å²) in [6.45, 7) is 0.355. The van der Waals surface area contributed by atoms with Crippen LogP contribution in [0.3, 0.4) is 0 Å². The predicted octanol–water partition coefficient (Wildman–Crippen LogP) is 6.56. The molecule has 0 aliphatic carbocycles. The van der Waals surface area contributed by atoms with E-state index < -0.39 is 5.91 Å². The van der Waals surface area contributed by atoms with Crippen LogP contribution >= 0.6 is 23.2 Å². The number of rotatable bonds is 6. The molecule has 0 unspecified atom stereocenters. The van der Waals surface area contributed by atoms with E-state index >= 15 is 0 Å². The summed E-state index contributed by atoms with van der Waals surface area (Å²) >= 11 is 12.3. The highest BCUT2D eigenvalue weighted by molar-refractivity contribution is 6.38. The Morgan fingerprint density at radius 3 is 2.62 bits per heavy atom. The number of aromatic nitrogens is 1. The molecule has 1 aromatic heterocycles. The van der Waals surface area contributed by atoms with E-state index in [1.54, 1.807) is 30.3 Å². The van der Waals surface area contributed by atoms with Crippen LogP contribution in [-0.2, 0) is 12.8 Å². The van der Waals surface area contributed by atoms with Crippen LogP contribution < -0.4 is 4.91 Å². The molecule has 5 nitrogen and oxygen atoms in total. The molecule has 0 aliphatic rings. The van der Waals surface area contributed by atoms with Crippen LogP contribution in [0.1, 0.15) is 27.0 Å². The SMILES string of the molecule is O=C(N=[N+]=NCCc1c[nH]c2c(Cl)cc(Cl)cc12)c1cccc(Cc2cccc(F)c2)c1. The number of carbonyl (C=O) groups excluding carboxylic acids is 1. The highest BCUT2D eigenvalue weighted by Crippen LogP contribution is 2.29. The maximum absolute atomic E-state index is 13.4. The molecule has 0 bridgehead atoms. The molecule has 1 amide bonds. The van der Waals surface area contributed by atoms with E-state index in [-0.39, 0.29) is 5.82 Å². The monoisotopic (exact) mass is 467 g/mol. The third-order valence-corrected chi connectivity index (χ3v) is 5.46. The predicted molar refractivity (Wildman–Crippen MR) is 124 cm³/mol. The van der Waals surface area contributed by atoms with Gasteiger partial charge in [-0.25, -0.2) is 4.39 Å². The minimum absolute atomic E-state index is 0.288. The number of aromatic amines is 1. The quantitative estimate of drug-likeness (QED) is 0.253. The average molecular weight is 468 g/mol. The van der Waals surface area contributed by atoms with E-state index in [9.17, 15) is 9.18 Å². The lowest BCUT2D eigenvalue weighted by atomic mass is 10.0. The Bertz CT molecular complexity index is 1360. The molecule has 0 atom stereocenters. The second kappa shape index (κ2) is 9.88. The zero-order valence-corrected chi connectivity index (χ0v) is 18.4. The van der Waals surface area contributed by atoms with E-state index in [1.165, 1.54) is 12.1 Å². The number of hydrogen-bond donors (Lipinski definition) is 1. The number of amides is 1. The Morgan fingerprint density at radius 2 is 1.81 bits per heavy atom. The molecule has 0 spiro atoms. The topological polar surface area (TPSA) is 71.7 Å². The third kappa shape index (κ3) is 5.29. The van der Waals surface area contributed by atoms with E-state index in [4.69, 9.17) is 23.2 Å². The highest BCUT2D eigenvalue weighted by atomic mass is 35.5. The summed E-state index contributed by atoms with van der Waals surface area (Å²) in [5, 5.41) is 9.70. The molecule has 0 aliphatic heterocycles. The van der Waals surface area contributed by atoms with Gasteiger partial charge >= 0.3 is 5.91 Å². The summed E-state index contributed by atoms with van der Waals surface area (Å²) in [6, 6.07) is 16.9. The van der Waals surface area contributed by atoms with Gasteiger partial charge in [0.2, 0.25) is 10.0 Å². The van der Waals surface area contributed by atoms with Crippen LogP contribution in [0.25, 0.3) is 10.9 Å². The van der Waals surface area contributed by atoms with Gasteiger partial charge in [0.1, 0.15) is 17.5 Å². The molecular weight excluding hydrogens is 450 g/mol. The number of fused-ring (bicyclic) bond motifs is 1. The first-order valence-electron chi connectivity index (χ1n) is 9.90. The van der Waals surface area contributed by atoms with Crippen molar-refractivity contribution in [3.05, 3.63) is 105 Å². The number of carbonyl (C=O) groups is 1. The van der Waals surface area contributed by atoms with Crippen LogP contribution in [0.5, 0.6) is 0 Å². The van der Waals surface area contributed by atoms with Crippen molar-refractivity contribution in [1.82, 2.24) is 9.90 Å². The third-order valence-electron chi connectivity index (χ3n) is 4.94. The van der Waals surface area contributed by atoms with Crippen molar-refractivity contribution < 1.29 is 9.18 Å². The van der Waals surface area contributed by atoms with Crippen LogP contribution in [-0.4, -0.2) is 17.4 Å². The molecule has 0 saturated carbocycles. The van der Waals surface area contributed by atoms with Crippen LogP contribution in [0.4, 0.5) is 4.39 Å². The van der Waals surface area contributed by atoms with E-state index in [0.29, 0.717) is 35.0 Å². The molecule has 4 aromatic rings. The molecule has 160 valence electrons. The lowest BCUT2D eigenvalue weighted by Gasteiger charge is -2.03. The van der Waals surface area contributed by atoms with E-state index in [0.717, 1.165) is 27.6 Å². The van der Waals surface area contributed by atoms with Crippen LogP contribution in [0, 0.1) is 5.82 Å². The fraction of sp³-hybridized carbons (Fsp3) is 0.125. The number of nitrogens with zero attached hydrogens (tertiary/aromatic N) is 3. The second-order valence-electron chi connectivity index (χ2n) is 7.24. The molecule has 1 N–H and O–H groups in total. The van der Waals surface area contributed by atoms with E-state index in [2.05, 4.69) is 20.1 Å². The maximum Gasteiger partial charge on any atom is 0.360 e. The maximum atomic E-state index is 13.4. The standard InChI is InChI=1S/C24H17Cl2FN4O/c25-19-12-21-18(14-28-23(21)22(26)13-19)7-8-29-31-30-24(32)17-5-1-3-15(10-17)9-16-4-2-6-20(27)11-16/h1-6,10-14H,7-9H2/p+1. The van der Waals surface area contributed by atoms with Crippen molar-refractivity contribution in [1.29, 1.82) is 0 Å². The van der Waals surface area contributed by atoms with Gasteiger partial charge in [-0.15, -0.1) is 0 Å². The Hall–Kier alpha value is -3.31. The summed E-state index contributed by atoms with van der Waals surface area (Å²) in [5.41, 5.74) is 3.93. The molecule has 0 radical (unpaired) electrons. The van der Waals surface area contributed by atoms with Gasteiger partial charge < -0.3 is 4.98 Å². The van der Waals surface area contributed by atoms with Gasteiger partial charge in [0.05, 0.1) is 10.5 Å². The number of benzene rings is 3. The fourth-order valence-electron chi connectivity index (χ4n) is 3.46. The van der Waals surface area contributed by atoms with Crippen molar-refractivity contribution >= 4 is 40.0 Å². The van der Waals surface area contributed by atoms with Gasteiger partial charge in [0.15, 0.2) is 0 Å². The van der Waals surface area contributed by atoms with Crippen LogP contribution in [0.2, 0.25) is 10.0 Å². The number of H-pyrrole nitrogens is 1. The summed E-state index contributed by atoms with van der Waals surface area (Å²) in [7, 11) is 0. The average Bonchev–Trinajstić information content (AvgIpc) is 3.16. The summed E-state index contributed by atoms with van der Waals surface area (Å²) in [5.74, 6) is -0.774. The van der Waals surface area contributed by atoms with Gasteiger partial charge in [-0.1, -0.05) is 47.5 Å². The Kier molecular flexibility index (Phi) is 6.76. The lowest BCUT2D eigenvalue weighted by molar-refractivity contribution is 0.0992.